The van der Waals surface area contributed by atoms with Gasteiger partial charge in [-0.1, -0.05) is 11.6 Å². The van der Waals surface area contributed by atoms with Crippen LogP contribution in [0.2, 0.25) is 5.02 Å². The van der Waals surface area contributed by atoms with Gasteiger partial charge in [0, 0.05) is 17.0 Å². The zero-order valence-corrected chi connectivity index (χ0v) is 10.3. The van der Waals surface area contributed by atoms with Crippen LogP contribution < -0.4 is 4.74 Å². The van der Waals surface area contributed by atoms with E-state index in [0.29, 0.717) is 10.8 Å². The molecule has 0 atom stereocenters. The van der Waals surface area contributed by atoms with Gasteiger partial charge in [-0.25, -0.2) is 0 Å². The van der Waals surface area contributed by atoms with Crippen molar-refractivity contribution in [2.45, 2.75) is 6.92 Å². The van der Waals surface area contributed by atoms with Gasteiger partial charge in [-0.05, 0) is 25.1 Å². The standard InChI is InChI=1S/C13H11ClN2O/c1-7-12-9(5-6-15-7)8-3-4-10(17-2)11(14)13(8)16-12/h3-6,16H,1-2H3. The molecule has 0 spiro atoms. The number of fused-ring (bicyclic) bond motifs is 3. The normalized spacial score (nSPS) is 11.2. The number of rotatable bonds is 1. The van der Waals surface area contributed by atoms with E-state index in [-0.39, 0.29) is 0 Å². The Labute approximate surface area is 103 Å². The number of nitrogens with one attached hydrogen (secondary N) is 1. The molecule has 0 saturated heterocycles. The zero-order valence-electron chi connectivity index (χ0n) is 9.54. The number of hydrogen-bond acceptors (Lipinski definition) is 2. The third-order valence-corrected chi connectivity index (χ3v) is 3.38. The van der Waals surface area contributed by atoms with Crippen molar-refractivity contribution >= 4 is 33.4 Å². The lowest BCUT2D eigenvalue weighted by Gasteiger charge is -2.02. The highest BCUT2D eigenvalue weighted by atomic mass is 35.5. The first kappa shape index (κ1) is 10.4. The molecule has 4 heteroatoms. The Bertz CT molecular complexity index is 718. The summed E-state index contributed by atoms with van der Waals surface area (Å²) in [5.74, 6) is 0.677. The first-order chi connectivity index (χ1) is 8.22. The molecule has 0 aliphatic heterocycles. The molecule has 2 heterocycles. The minimum absolute atomic E-state index is 0.612. The Morgan fingerprint density at radius 1 is 1.18 bits per heavy atom. The summed E-state index contributed by atoms with van der Waals surface area (Å²) in [6.45, 7) is 1.98. The van der Waals surface area contributed by atoms with Crippen molar-refractivity contribution in [1.29, 1.82) is 0 Å². The number of aromatic amines is 1. The maximum absolute atomic E-state index is 6.29. The minimum atomic E-state index is 0.612. The van der Waals surface area contributed by atoms with Gasteiger partial charge in [-0.2, -0.15) is 0 Å². The van der Waals surface area contributed by atoms with E-state index in [2.05, 4.69) is 9.97 Å². The minimum Gasteiger partial charge on any atom is -0.495 e. The zero-order chi connectivity index (χ0) is 12.0. The number of ether oxygens (including phenoxy) is 1. The van der Waals surface area contributed by atoms with Gasteiger partial charge < -0.3 is 9.72 Å². The van der Waals surface area contributed by atoms with Crippen molar-refractivity contribution in [3.63, 3.8) is 0 Å². The molecule has 0 radical (unpaired) electrons. The molecule has 0 bridgehead atoms. The average Bonchev–Trinajstić information content (AvgIpc) is 2.71. The van der Waals surface area contributed by atoms with Crippen LogP contribution in [-0.4, -0.2) is 17.1 Å². The summed E-state index contributed by atoms with van der Waals surface area (Å²) in [5.41, 5.74) is 2.89. The van der Waals surface area contributed by atoms with Gasteiger partial charge in [-0.15, -0.1) is 0 Å². The Kier molecular flexibility index (Phi) is 2.23. The van der Waals surface area contributed by atoms with Crippen molar-refractivity contribution in [2.24, 2.45) is 0 Å². The molecule has 3 nitrogen and oxygen atoms in total. The largest absolute Gasteiger partial charge is 0.495 e. The molecule has 0 unspecified atom stereocenters. The van der Waals surface area contributed by atoms with Crippen LogP contribution >= 0.6 is 11.6 Å². The summed E-state index contributed by atoms with van der Waals surface area (Å²) in [4.78, 5) is 7.58. The van der Waals surface area contributed by atoms with Gasteiger partial charge in [0.15, 0.2) is 0 Å². The number of H-pyrrole nitrogens is 1. The molecule has 3 aromatic rings. The highest BCUT2D eigenvalue weighted by Crippen LogP contribution is 2.36. The smallest absolute Gasteiger partial charge is 0.139 e. The molecule has 0 amide bonds. The van der Waals surface area contributed by atoms with Crippen molar-refractivity contribution in [2.75, 3.05) is 7.11 Å². The van der Waals surface area contributed by atoms with Crippen molar-refractivity contribution in [3.05, 3.63) is 35.1 Å². The lowest BCUT2D eigenvalue weighted by Crippen LogP contribution is -1.84. The summed E-state index contributed by atoms with van der Waals surface area (Å²) < 4.78 is 5.21. The second kappa shape index (κ2) is 3.64. The van der Waals surface area contributed by atoms with E-state index < -0.39 is 0 Å². The predicted octanol–water partition coefficient (Wildman–Crippen LogP) is 3.69. The summed E-state index contributed by atoms with van der Waals surface area (Å²) >= 11 is 6.29. The fraction of sp³-hybridized carbons (Fsp3) is 0.154. The van der Waals surface area contributed by atoms with Crippen LogP contribution in [0.3, 0.4) is 0 Å². The number of methoxy groups -OCH3 is 1. The van der Waals surface area contributed by atoms with Crippen molar-refractivity contribution < 1.29 is 4.74 Å². The van der Waals surface area contributed by atoms with E-state index in [0.717, 1.165) is 27.5 Å². The van der Waals surface area contributed by atoms with Gasteiger partial charge in [0.05, 0.1) is 23.8 Å². The van der Waals surface area contributed by atoms with Gasteiger partial charge in [0.1, 0.15) is 10.8 Å². The van der Waals surface area contributed by atoms with Crippen LogP contribution in [0.1, 0.15) is 5.69 Å². The number of halogens is 1. The third kappa shape index (κ3) is 1.39. The predicted molar refractivity (Wildman–Crippen MR) is 69.9 cm³/mol. The van der Waals surface area contributed by atoms with Crippen LogP contribution in [0, 0.1) is 6.92 Å². The SMILES string of the molecule is COc1ccc2c([nH]c3c(C)nccc32)c1Cl. The van der Waals surface area contributed by atoms with Gasteiger partial charge >= 0.3 is 0 Å². The summed E-state index contributed by atoms with van der Waals surface area (Å²) in [5, 5.41) is 2.84. The molecular formula is C13H11ClN2O. The molecule has 86 valence electrons. The van der Waals surface area contributed by atoms with E-state index in [9.17, 15) is 0 Å². The van der Waals surface area contributed by atoms with E-state index in [4.69, 9.17) is 16.3 Å². The molecule has 3 rings (SSSR count). The summed E-state index contributed by atoms with van der Waals surface area (Å²) in [7, 11) is 1.61. The second-order valence-corrected chi connectivity index (χ2v) is 4.33. The highest BCUT2D eigenvalue weighted by molar-refractivity contribution is 6.37. The molecule has 0 aliphatic rings. The quantitative estimate of drug-likeness (QED) is 0.711. The molecule has 1 aromatic carbocycles. The van der Waals surface area contributed by atoms with Gasteiger partial charge in [0.25, 0.3) is 0 Å². The molecule has 2 aromatic heterocycles. The Morgan fingerprint density at radius 3 is 2.71 bits per heavy atom. The van der Waals surface area contributed by atoms with E-state index in [1.807, 2.05) is 31.3 Å². The monoisotopic (exact) mass is 246 g/mol. The Hall–Kier alpha value is -1.74. The molecule has 0 aliphatic carbocycles. The number of benzene rings is 1. The number of hydrogen-bond donors (Lipinski definition) is 1. The Morgan fingerprint density at radius 2 is 1.94 bits per heavy atom. The van der Waals surface area contributed by atoms with Crippen LogP contribution in [0.4, 0.5) is 0 Å². The molecule has 1 N–H and O–H groups in total. The molecular weight excluding hydrogens is 236 g/mol. The number of aromatic nitrogens is 2. The molecule has 17 heavy (non-hydrogen) atoms. The Balaban J connectivity index is 2.51. The first-order valence-electron chi connectivity index (χ1n) is 5.32. The number of aryl methyl sites for hydroxylation is 1. The van der Waals surface area contributed by atoms with E-state index in [1.165, 1.54) is 0 Å². The first-order valence-corrected chi connectivity index (χ1v) is 5.69. The van der Waals surface area contributed by atoms with Gasteiger partial charge in [-0.3, -0.25) is 4.98 Å². The fourth-order valence-electron chi connectivity index (χ4n) is 2.13. The summed E-state index contributed by atoms with van der Waals surface area (Å²) in [6, 6.07) is 5.88. The maximum Gasteiger partial charge on any atom is 0.139 e. The number of nitrogens with zero attached hydrogens (tertiary/aromatic N) is 1. The van der Waals surface area contributed by atoms with Crippen molar-refractivity contribution in [1.82, 2.24) is 9.97 Å². The third-order valence-electron chi connectivity index (χ3n) is 3.01. The topological polar surface area (TPSA) is 37.9 Å². The lowest BCUT2D eigenvalue weighted by molar-refractivity contribution is 0.415. The maximum atomic E-state index is 6.29. The number of pyridine rings is 1. The second-order valence-electron chi connectivity index (χ2n) is 3.95. The van der Waals surface area contributed by atoms with Crippen molar-refractivity contribution in [3.8, 4) is 5.75 Å². The highest BCUT2D eigenvalue weighted by Gasteiger charge is 2.12. The van der Waals surface area contributed by atoms with Crippen LogP contribution in [0.25, 0.3) is 21.8 Å². The summed E-state index contributed by atoms with van der Waals surface area (Å²) in [6.07, 6.45) is 1.81. The van der Waals surface area contributed by atoms with Crippen LogP contribution in [0.5, 0.6) is 5.75 Å². The molecule has 0 fully saturated rings. The molecule has 0 saturated carbocycles. The average molecular weight is 247 g/mol. The van der Waals surface area contributed by atoms with E-state index >= 15 is 0 Å². The van der Waals surface area contributed by atoms with Gasteiger partial charge in [0.2, 0.25) is 0 Å². The lowest BCUT2D eigenvalue weighted by atomic mass is 10.1. The fourth-order valence-corrected chi connectivity index (χ4v) is 2.42. The van der Waals surface area contributed by atoms with E-state index in [1.54, 1.807) is 7.11 Å². The van der Waals surface area contributed by atoms with Crippen LogP contribution in [-0.2, 0) is 0 Å². The van der Waals surface area contributed by atoms with Crippen LogP contribution in [0.15, 0.2) is 24.4 Å².